The van der Waals surface area contributed by atoms with Gasteiger partial charge in [-0.05, 0) is 12.1 Å². The number of hydrogen-bond donors (Lipinski definition) is 2. The molecule has 1 aromatic carbocycles. The quantitative estimate of drug-likeness (QED) is 0.767. The van der Waals surface area contributed by atoms with Gasteiger partial charge in [-0.3, -0.25) is 5.10 Å². The third-order valence-electron chi connectivity index (χ3n) is 4.18. The maximum atomic E-state index is 11.2. The van der Waals surface area contributed by atoms with Crippen LogP contribution in [0.1, 0.15) is 21.7 Å². The van der Waals surface area contributed by atoms with Crippen molar-refractivity contribution in [2.75, 3.05) is 11.4 Å². The number of benzene rings is 1. The second-order valence-electron chi connectivity index (χ2n) is 5.65. The summed E-state index contributed by atoms with van der Waals surface area (Å²) in [6.45, 7) is 1.21. The van der Waals surface area contributed by atoms with Crippen LogP contribution in [0.4, 0.5) is 5.82 Å². The van der Waals surface area contributed by atoms with E-state index in [1.54, 1.807) is 0 Å². The van der Waals surface area contributed by atoms with E-state index in [1.807, 2.05) is 47.4 Å². The minimum atomic E-state index is -1.01. The van der Waals surface area contributed by atoms with Crippen LogP contribution in [0.15, 0.2) is 42.5 Å². The van der Waals surface area contributed by atoms with Gasteiger partial charge < -0.3 is 10.0 Å². The number of fused-ring (bicyclic) bond motifs is 1. The maximum absolute atomic E-state index is 11.2. The van der Waals surface area contributed by atoms with Gasteiger partial charge >= 0.3 is 5.97 Å². The van der Waals surface area contributed by atoms with Gasteiger partial charge in [-0.15, -0.1) is 10.2 Å². The number of hydrogen-bond acceptors (Lipinski definition) is 5. The SMILES string of the molecule is O=C(O)c1n[nH]c2c1CN(c1ccc(-c3ccccc3)nn1)CC2. The lowest BCUT2D eigenvalue weighted by Crippen LogP contribution is -2.31. The molecule has 0 bridgehead atoms. The molecule has 2 N–H and O–H groups in total. The van der Waals surface area contributed by atoms with Gasteiger partial charge in [0.1, 0.15) is 0 Å². The van der Waals surface area contributed by atoms with Gasteiger partial charge in [-0.2, -0.15) is 5.10 Å². The number of carbonyl (C=O) groups is 1. The van der Waals surface area contributed by atoms with Gasteiger partial charge in [0.2, 0.25) is 0 Å². The summed E-state index contributed by atoms with van der Waals surface area (Å²) >= 11 is 0. The van der Waals surface area contributed by atoms with E-state index in [1.165, 1.54) is 0 Å². The highest BCUT2D eigenvalue weighted by molar-refractivity contribution is 5.87. The highest BCUT2D eigenvalue weighted by Gasteiger charge is 2.26. The number of aromatic nitrogens is 4. The molecule has 120 valence electrons. The van der Waals surface area contributed by atoms with E-state index >= 15 is 0 Å². The lowest BCUT2D eigenvalue weighted by atomic mass is 10.1. The van der Waals surface area contributed by atoms with E-state index in [9.17, 15) is 9.90 Å². The molecule has 0 unspecified atom stereocenters. The van der Waals surface area contributed by atoms with Crippen molar-refractivity contribution in [2.45, 2.75) is 13.0 Å². The molecule has 0 radical (unpaired) electrons. The summed E-state index contributed by atoms with van der Waals surface area (Å²) < 4.78 is 0. The molecule has 7 heteroatoms. The summed E-state index contributed by atoms with van der Waals surface area (Å²) in [6.07, 6.45) is 0.706. The molecule has 0 amide bonds. The summed E-state index contributed by atoms with van der Waals surface area (Å²) in [5.74, 6) is -0.280. The van der Waals surface area contributed by atoms with Crippen LogP contribution >= 0.6 is 0 Å². The lowest BCUT2D eigenvalue weighted by Gasteiger charge is -2.27. The van der Waals surface area contributed by atoms with Gasteiger partial charge in [-0.1, -0.05) is 30.3 Å². The normalized spacial score (nSPS) is 13.6. The number of carboxylic acids is 1. The van der Waals surface area contributed by atoms with Crippen molar-refractivity contribution in [2.24, 2.45) is 0 Å². The molecule has 3 aromatic rings. The molecule has 0 fully saturated rings. The fraction of sp³-hybridized carbons (Fsp3) is 0.176. The first-order valence-electron chi connectivity index (χ1n) is 7.66. The molecule has 4 rings (SSSR count). The van der Waals surface area contributed by atoms with Crippen molar-refractivity contribution in [3.63, 3.8) is 0 Å². The smallest absolute Gasteiger partial charge is 0.356 e. The van der Waals surface area contributed by atoms with E-state index < -0.39 is 5.97 Å². The minimum Gasteiger partial charge on any atom is -0.476 e. The summed E-state index contributed by atoms with van der Waals surface area (Å²) in [7, 11) is 0. The average Bonchev–Trinajstić information content (AvgIpc) is 3.06. The number of aromatic amines is 1. The molecule has 3 heterocycles. The van der Waals surface area contributed by atoms with Crippen molar-refractivity contribution in [3.8, 4) is 11.3 Å². The molecule has 7 nitrogen and oxygen atoms in total. The maximum Gasteiger partial charge on any atom is 0.356 e. The monoisotopic (exact) mass is 321 g/mol. The zero-order valence-corrected chi connectivity index (χ0v) is 12.8. The second kappa shape index (κ2) is 5.77. The van der Waals surface area contributed by atoms with Crippen LogP contribution in [0.3, 0.4) is 0 Å². The number of anilines is 1. The van der Waals surface area contributed by atoms with Crippen LogP contribution in [0.25, 0.3) is 11.3 Å². The second-order valence-corrected chi connectivity index (χ2v) is 5.65. The number of nitrogens with one attached hydrogen (secondary N) is 1. The number of carboxylic acid groups (broad SMARTS) is 1. The van der Waals surface area contributed by atoms with E-state index in [4.69, 9.17) is 0 Å². The molecule has 2 aromatic heterocycles. The molecule has 1 aliphatic heterocycles. The summed E-state index contributed by atoms with van der Waals surface area (Å²) in [5.41, 5.74) is 3.52. The predicted octanol–water partition coefficient (Wildman–Crippen LogP) is 2.13. The molecular weight excluding hydrogens is 306 g/mol. The fourth-order valence-corrected chi connectivity index (χ4v) is 2.92. The van der Waals surface area contributed by atoms with Crippen molar-refractivity contribution >= 4 is 11.8 Å². The first-order chi connectivity index (χ1) is 11.7. The van der Waals surface area contributed by atoms with E-state index in [0.29, 0.717) is 13.0 Å². The standard InChI is InChI=1S/C17H15N5O2/c23-17(24)16-12-10-22(9-8-14(12)19-21-16)15-7-6-13(18-20-15)11-4-2-1-3-5-11/h1-7H,8-10H2,(H,19,21)(H,23,24). The third kappa shape index (κ3) is 2.50. The van der Waals surface area contributed by atoms with Crippen LogP contribution in [0.2, 0.25) is 0 Å². The van der Waals surface area contributed by atoms with Gasteiger partial charge in [-0.25, -0.2) is 4.79 Å². The Morgan fingerprint density at radius 2 is 1.96 bits per heavy atom. The average molecular weight is 321 g/mol. The van der Waals surface area contributed by atoms with Crippen molar-refractivity contribution in [1.82, 2.24) is 20.4 Å². The Hall–Kier alpha value is -3.22. The zero-order valence-electron chi connectivity index (χ0n) is 12.8. The summed E-state index contributed by atoms with van der Waals surface area (Å²) in [6, 6.07) is 13.7. The topological polar surface area (TPSA) is 95.0 Å². The highest BCUT2D eigenvalue weighted by Crippen LogP contribution is 2.25. The van der Waals surface area contributed by atoms with Crippen LogP contribution in [-0.4, -0.2) is 38.0 Å². The predicted molar refractivity (Wildman–Crippen MR) is 87.8 cm³/mol. The molecule has 0 aliphatic carbocycles. The summed E-state index contributed by atoms with van der Waals surface area (Å²) in [5, 5.41) is 24.5. The van der Waals surface area contributed by atoms with Crippen LogP contribution in [0, 0.1) is 0 Å². The Bertz CT molecular complexity index is 874. The van der Waals surface area contributed by atoms with Crippen molar-refractivity contribution < 1.29 is 9.90 Å². The Labute approximate surface area is 138 Å². The van der Waals surface area contributed by atoms with Crippen LogP contribution in [0.5, 0.6) is 0 Å². The first-order valence-corrected chi connectivity index (χ1v) is 7.66. The molecule has 0 saturated carbocycles. The molecule has 24 heavy (non-hydrogen) atoms. The largest absolute Gasteiger partial charge is 0.476 e. The lowest BCUT2D eigenvalue weighted by molar-refractivity contribution is 0.0689. The fourth-order valence-electron chi connectivity index (χ4n) is 2.92. The summed E-state index contributed by atoms with van der Waals surface area (Å²) in [4.78, 5) is 13.3. The Kier molecular flexibility index (Phi) is 3.45. The first kappa shape index (κ1) is 14.4. The number of H-pyrrole nitrogens is 1. The number of nitrogens with zero attached hydrogens (tertiary/aromatic N) is 4. The molecular formula is C17H15N5O2. The van der Waals surface area contributed by atoms with Crippen LogP contribution in [-0.2, 0) is 13.0 Å². The number of rotatable bonds is 3. The molecule has 1 aliphatic rings. The number of aromatic carboxylic acids is 1. The van der Waals surface area contributed by atoms with Crippen LogP contribution < -0.4 is 4.90 Å². The third-order valence-corrected chi connectivity index (χ3v) is 4.18. The molecule has 0 spiro atoms. The minimum absolute atomic E-state index is 0.0866. The van der Waals surface area contributed by atoms with Gasteiger partial charge in [0.05, 0.1) is 5.69 Å². The van der Waals surface area contributed by atoms with E-state index in [-0.39, 0.29) is 5.69 Å². The van der Waals surface area contributed by atoms with Crippen molar-refractivity contribution in [1.29, 1.82) is 0 Å². The van der Waals surface area contributed by atoms with Gasteiger partial charge in [0.15, 0.2) is 11.5 Å². The highest BCUT2D eigenvalue weighted by atomic mass is 16.4. The Morgan fingerprint density at radius 3 is 2.67 bits per heavy atom. The zero-order chi connectivity index (χ0) is 16.5. The van der Waals surface area contributed by atoms with Gasteiger partial charge in [0, 0.05) is 36.3 Å². The van der Waals surface area contributed by atoms with E-state index in [2.05, 4.69) is 20.4 Å². The molecule has 0 saturated heterocycles. The Morgan fingerprint density at radius 1 is 1.12 bits per heavy atom. The Balaban J connectivity index is 1.59. The van der Waals surface area contributed by atoms with Crippen molar-refractivity contribution in [3.05, 3.63) is 59.4 Å². The molecule has 0 atom stereocenters. The van der Waals surface area contributed by atoms with E-state index in [0.717, 1.165) is 34.9 Å². The van der Waals surface area contributed by atoms with Gasteiger partial charge in [0.25, 0.3) is 0 Å².